The second kappa shape index (κ2) is 9.42. The summed E-state index contributed by atoms with van der Waals surface area (Å²) in [4.78, 5) is 24.8. The SMILES string of the molecule is CCOC(=O)[C@](NCc1ccc(OC)cc1)(NC(=O)c1ccccc1)C(F)(F)F. The molecule has 0 heterocycles. The Kier molecular flexibility index (Phi) is 7.22. The highest BCUT2D eigenvalue weighted by atomic mass is 19.4. The third-order valence-electron chi connectivity index (χ3n) is 4.06. The van der Waals surface area contributed by atoms with Crippen molar-refractivity contribution in [3.63, 3.8) is 0 Å². The fourth-order valence-electron chi connectivity index (χ4n) is 2.50. The molecule has 0 spiro atoms. The van der Waals surface area contributed by atoms with Gasteiger partial charge in [0, 0.05) is 12.1 Å². The monoisotopic (exact) mass is 410 g/mol. The first kappa shape index (κ1) is 22.2. The second-order valence-electron chi connectivity index (χ2n) is 5.99. The molecule has 2 aromatic rings. The molecule has 0 aliphatic heterocycles. The molecule has 156 valence electrons. The maximum Gasteiger partial charge on any atom is 0.436 e. The van der Waals surface area contributed by atoms with Crippen LogP contribution in [0.4, 0.5) is 13.2 Å². The van der Waals surface area contributed by atoms with Crippen LogP contribution < -0.4 is 15.4 Å². The van der Waals surface area contributed by atoms with Crippen LogP contribution in [0, 0.1) is 0 Å². The number of benzene rings is 2. The van der Waals surface area contributed by atoms with Gasteiger partial charge in [0.25, 0.3) is 11.6 Å². The number of carbonyl (C=O) groups is 2. The number of amides is 1. The van der Waals surface area contributed by atoms with E-state index in [1.54, 1.807) is 23.5 Å². The molecule has 0 aliphatic rings. The van der Waals surface area contributed by atoms with E-state index in [9.17, 15) is 22.8 Å². The standard InChI is InChI=1S/C20H21F3N2O4/c1-3-29-18(27)19(20(21,22)23,25-17(26)15-7-5-4-6-8-15)24-13-14-9-11-16(28-2)12-10-14/h4-12,24H,3,13H2,1-2H3,(H,25,26)/t19-/m0/s1. The van der Waals surface area contributed by atoms with Crippen molar-refractivity contribution in [3.05, 3.63) is 65.7 Å². The minimum Gasteiger partial charge on any atom is -0.497 e. The molecule has 2 aromatic carbocycles. The van der Waals surface area contributed by atoms with E-state index in [1.807, 2.05) is 0 Å². The molecule has 1 atom stereocenters. The fraction of sp³-hybridized carbons (Fsp3) is 0.300. The second-order valence-corrected chi connectivity index (χ2v) is 5.99. The van der Waals surface area contributed by atoms with Crippen molar-refractivity contribution in [2.75, 3.05) is 13.7 Å². The van der Waals surface area contributed by atoms with Crippen LogP contribution in [0.2, 0.25) is 0 Å². The highest BCUT2D eigenvalue weighted by Crippen LogP contribution is 2.31. The summed E-state index contributed by atoms with van der Waals surface area (Å²) in [6, 6.07) is 13.5. The maximum atomic E-state index is 14.0. The lowest BCUT2D eigenvalue weighted by Gasteiger charge is -2.34. The Balaban J connectivity index is 2.36. The number of hydrogen-bond donors (Lipinski definition) is 2. The minimum absolute atomic E-state index is 0.0309. The molecule has 9 heteroatoms. The molecule has 0 unspecified atom stereocenters. The number of nitrogens with one attached hydrogen (secondary N) is 2. The van der Waals surface area contributed by atoms with E-state index in [0.29, 0.717) is 11.3 Å². The lowest BCUT2D eigenvalue weighted by molar-refractivity contribution is -0.219. The predicted octanol–water partition coefficient (Wildman–Crippen LogP) is 3.04. The van der Waals surface area contributed by atoms with Crippen molar-refractivity contribution >= 4 is 11.9 Å². The van der Waals surface area contributed by atoms with Gasteiger partial charge in [0.2, 0.25) is 0 Å². The number of carbonyl (C=O) groups excluding carboxylic acids is 2. The van der Waals surface area contributed by atoms with E-state index in [-0.39, 0.29) is 18.7 Å². The quantitative estimate of drug-likeness (QED) is 0.517. The maximum absolute atomic E-state index is 14.0. The number of methoxy groups -OCH3 is 1. The van der Waals surface area contributed by atoms with Gasteiger partial charge in [-0.1, -0.05) is 30.3 Å². The van der Waals surface area contributed by atoms with Gasteiger partial charge in [0.05, 0.1) is 13.7 Å². The third-order valence-corrected chi connectivity index (χ3v) is 4.06. The third kappa shape index (κ3) is 5.26. The number of ether oxygens (including phenoxy) is 2. The van der Waals surface area contributed by atoms with Gasteiger partial charge in [-0.25, -0.2) is 4.79 Å². The first-order valence-electron chi connectivity index (χ1n) is 8.73. The molecule has 0 aromatic heterocycles. The summed E-state index contributed by atoms with van der Waals surface area (Å²) in [5.74, 6) is -2.19. The smallest absolute Gasteiger partial charge is 0.436 e. The highest BCUT2D eigenvalue weighted by Gasteiger charge is 2.63. The van der Waals surface area contributed by atoms with Gasteiger partial charge in [0.1, 0.15) is 5.75 Å². The van der Waals surface area contributed by atoms with Crippen LogP contribution in [-0.2, 0) is 16.1 Å². The van der Waals surface area contributed by atoms with Crippen LogP contribution in [0.1, 0.15) is 22.8 Å². The van der Waals surface area contributed by atoms with Crippen LogP contribution in [0.5, 0.6) is 5.75 Å². The summed E-state index contributed by atoms with van der Waals surface area (Å²) in [5, 5.41) is 3.93. The Hall–Kier alpha value is -3.07. The van der Waals surface area contributed by atoms with Crippen molar-refractivity contribution in [2.45, 2.75) is 25.3 Å². The van der Waals surface area contributed by atoms with Gasteiger partial charge in [-0.15, -0.1) is 0 Å². The molecular weight excluding hydrogens is 389 g/mol. The largest absolute Gasteiger partial charge is 0.497 e. The molecule has 6 nitrogen and oxygen atoms in total. The van der Waals surface area contributed by atoms with Gasteiger partial charge in [-0.3, -0.25) is 10.1 Å². The molecule has 0 saturated carbocycles. The summed E-state index contributed by atoms with van der Waals surface area (Å²) >= 11 is 0. The summed E-state index contributed by atoms with van der Waals surface area (Å²) < 4.78 is 51.8. The number of rotatable bonds is 8. The van der Waals surface area contributed by atoms with E-state index in [1.165, 1.54) is 50.4 Å². The van der Waals surface area contributed by atoms with Crippen molar-refractivity contribution < 1.29 is 32.2 Å². The Morgan fingerprint density at radius 1 is 1.00 bits per heavy atom. The Bertz CT molecular complexity index is 826. The molecule has 2 N–H and O–H groups in total. The van der Waals surface area contributed by atoms with Crippen molar-refractivity contribution in [3.8, 4) is 5.75 Å². The lowest BCUT2D eigenvalue weighted by atomic mass is 10.1. The molecule has 0 aliphatic carbocycles. The molecule has 2 rings (SSSR count). The molecule has 0 fully saturated rings. The number of alkyl halides is 3. The van der Waals surface area contributed by atoms with E-state index < -0.39 is 23.7 Å². The first-order chi connectivity index (χ1) is 13.7. The number of esters is 1. The van der Waals surface area contributed by atoms with Gasteiger partial charge in [-0.2, -0.15) is 13.2 Å². The molecule has 1 amide bonds. The zero-order valence-electron chi connectivity index (χ0n) is 15.9. The van der Waals surface area contributed by atoms with Crippen LogP contribution in [0.15, 0.2) is 54.6 Å². The van der Waals surface area contributed by atoms with Crippen LogP contribution in [-0.4, -0.2) is 37.4 Å². The summed E-state index contributed by atoms with van der Waals surface area (Å²) in [6.45, 7) is 0.723. The van der Waals surface area contributed by atoms with E-state index in [0.717, 1.165) is 0 Å². The molecule has 0 radical (unpaired) electrons. The van der Waals surface area contributed by atoms with Crippen LogP contribution in [0.3, 0.4) is 0 Å². The molecule has 0 saturated heterocycles. The van der Waals surface area contributed by atoms with Crippen LogP contribution in [0.25, 0.3) is 0 Å². The zero-order valence-corrected chi connectivity index (χ0v) is 15.9. The number of hydrogen-bond acceptors (Lipinski definition) is 5. The normalized spacial score (nSPS) is 13.3. The van der Waals surface area contributed by atoms with Crippen molar-refractivity contribution in [1.29, 1.82) is 0 Å². The fourth-order valence-corrected chi connectivity index (χ4v) is 2.50. The average molecular weight is 410 g/mol. The molecule has 29 heavy (non-hydrogen) atoms. The van der Waals surface area contributed by atoms with Gasteiger partial charge in [0.15, 0.2) is 0 Å². The Morgan fingerprint density at radius 2 is 1.62 bits per heavy atom. The van der Waals surface area contributed by atoms with Gasteiger partial charge in [-0.05, 0) is 36.8 Å². The van der Waals surface area contributed by atoms with Crippen molar-refractivity contribution in [2.24, 2.45) is 0 Å². The summed E-state index contributed by atoms with van der Waals surface area (Å²) in [5.41, 5.74) is -3.01. The Labute approximate surface area is 166 Å². The first-order valence-corrected chi connectivity index (χ1v) is 8.73. The lowest BCUT2D eigenvalue weighted by Crippen LogP contribution is -2.72. The van der Waals surface area contributed by atoms with E-state index >= 15 is 0 Å². The topological polar surface area (TPSA) is 76.7 Å². The Morgan fingerprint density at radius 3 is 2.14 bits per heavy atom. The molecular formula is C20H21F3N2O4. The van der Waals surface area contributed by atoms with Gasteiger partial charge < -0.3 is 14.8 Å². The highest BCUT2D eigenvalue weighted by molar-refractivity contribution is 5.98. The predicted molar refractivity (Wildman–Crippen MR) is 99.2 cm³/mol. The van der Waals surface area contributed by atoms with E-state index in [4.69, 9.17) is 4.74 Å². The van der Waals surface area contributed by atoms with Gasteiger partial charge >= 0.3 is 12.1 Å². The minimum atomic E-state index is -5.17. The van der Waals surface area contributed by atoms with Crippen molar-refractivity contribution in [1.82, 2.24) is 10.6 Å². The van der Waals surface area contributed by atoms with Crippen LogP contribution >= 0.6 is 0 Å². The number of halogens is 3. The average Bonchev–Trinajstić information content (AvgIpc) is 2.71. The summed E-state index contributed by atoms with van der Waals surface area (Å²) in [7, 11) is 1.46. The molecule has 0 bridgehead atoms. The summed E-state index contributed by atoms with van der Waals surface area (Å²) in [6.07, 6.45) is -5.17. The van der Waals surface area contributed by atoms with E-state index in [2.05, 4.69) is 10.1 Å². The zero-order chi connectivity index (χ0) is 21.5.